The first-order valence-electron chi connectivity index (χ1n) is 16.0. The number of quaternary nitrogens is 1. The molecule has 0 radical (unpaired) electrons. The zero-order chi connectivity index (χ0) is 27.5. The molecule has 38 heavy (non-hydrogen) atoms. The summed E-state index contributed by atoms with van der Waals surface area (Å²) in [5.74, 6) is -0.240. The number of unbranched alkanes of at least 4 members (excludes halogenated alkanes) is 18. The van der Waals surface area contributed by atoms with Gasteiger partial charge in [0.15, 0.2) is 0 Å². The highest BCUT2D eigenvalue weighted by atomic mass is 79.9. The highest BCUT2D eigenvalue weighted by Crippen LogP contribution is 2.12. The van der Waals surface area contributed by atoms with Crippen LogP contribution in [0.25, 0.3) is 0 Å². The number of carbonyl (C=O) groups is 2. The number of esters is 2. The van der Waals surface area contributed by atoms with Gasteiger partial charge in [-0.2, -0.15) is 0 Å². The predicted molar refractivity (Wildman–Crippen MR) is 157 cm³/mol. The van der Waals surface area contributed by atoms with Crippen molar-refractivity contribution in [3.05, 3.63) is 0 Å². The Labute approximate surface area is 247 Å². The Morgan fingerprint density at radius 1 is 0.474 bits per heavy atom. The van der Waals surface area contributed by atoms with Crippen molar-refractivity contribution in [3.63, 3.8) is 0 Å². The topological polar surface area (TPSA) is 52.6 Å². The SMILES string of the molecule is CCCCCCCCCCCCOC(=O)CC[N+](C)(C)CCC(=O)OCCCCCCCCCCCC.[Br-]. The van der Waals surface area contributed by atoms with Crippen LogP contribution in [0.3, 0.4) is 0 Å². The van der Waals surface area contributed by atoms with Crippen LogP contribution in [0.15, 0.2) is 0 Å². The first kappa shape index (κ1) is 39.5. The number of hydrogen-bond donors (Lipinski definition) is 0. The van der Waals surface area contributed by atoms with Gasteiger partial charge in [-0.05, 0) is 12.8 Å². The Bertz CT molecular complexity index is 484. The number of ether oxygens (including phenoxy) is 2. The summed E-state index contributed by atoms with van der Waals surface area (Å²) >= 11 is 0. The van der Waals surface area contributed by atoms with E-state index in [2.05, 4.69) is 27.9 Å². The standard InChI is InChI=1S/C32H64NO4.BrH/c1-5-7-9-11-13-15-17-19-21-23-29-36-31(34)25-27-33(3,4)28-26-32(35)37-30-24-22-20-18-16-14-12-10-8-6-2;/h5-30H2,1-4H3;1H/q+1;/p-1. The van der Waals surface area contributed by atoms with E-state index in [4.69, 9.17) is 9.47 Å². The Morgan fingerprint density at radius 2 is 0.737 bits per heavy atom. The van der Waals surface area contributed by atoms with Gasteiger partial charge in [-0.3, -0.25) is 9.59 Å². The van der Waals surface area contributed by atoms with Gasteiger partial charge in [0, 0.05) is 0 Å². The first-order valence-corrected chi connectivity index (χ1v) is 16.0. The van der Waals surface area contributed by atoms with Crippen molar-refractivity contribution in [2.45, 2.75) is 155 Å². The Balaban J connectivity index is 0. The first-order chi connectivity index (χ1) is 17.9. The van der Waals surface area contributed by atoms with Crippen LogP contribution < -0.4 is 17.0 Å². The number of carbonyl (C=O) groups excluding carboxylic acids is 2. The van der Waals surface area contributed by atoms with Crippen molar-refractivity contribution in [1.29, 1.82) is 0 Å². The molecule has 0 unspecified atom stereocenters. The van der Waals surface area contributed by atoms with Crippen LogP contribution in [0.1, 0.15) is 155 Å². The number of rotatable bonds is 28. The molecule has 5 nitrogen and oxygen atoms in total. The van der Waals surface area contributed by atoms with E-state index < -0.39 is 0 Å². The molecule has 0 aliphatic heterocycles. The molecule has 0 fully saturated rings. The molecule has 0 aliphatic rings. The molecule has 0 heterocycles. The van der Waals surface area contributed by atoms with E-state index in [0.29, 0.717) is 43.6 Å². The van der Waals surface area contributed by atoms with Crippen LogP contribution in [0.4, 0.5) is 0 Å². The van der Waals surface area contributed by atoms with Crippen LogP contribution in [0.5, 0.6) is 0 Å². The van der Waals surface area contributed by atoms with Crippen molar-refractivity contribution >= 4 is 11.9 Å². The van der Waals surface area contributed by atoms with Gasteiger partial charge in [-0.1, -0.05) is 129 Å². The smallest absolute Gasteiger partial charge is 0.311 e. The maximum absolute atomic E-state index is 12.1. The van der Waals surface area contributed by atoms with Crippen LogP contribution >= 0.6 is 0 Å². The number of hydrogen-bond acceptors (Lipinski definition) is 4. The molecule has 0 N–H and O–H groups in total. The molecule has 0 aromatic heterocycles. The molecule has 0 saturated carbocycles. The molecule has 0 amide bonds. The summed E-state index contributed by atoms with van der Waals surface area (Å²) in [5, 5.41) is 0. The third-order valence-corrected chi connectivity index (χ3v) is 7.36. The highest BCUT2D eigenvalue weighted by molar-refractivity contribution is 5.70. The fourth-order valence-corrected chi connectivity index (χ4v) is 4.60. The van der Waals surface area contributed by atoms with E-state index in [9.17, 15) is 9.59 Å². The van der Waals surface area contributed by atoms with Crippen LogP contribution in [-0.4, -0.2) is 56.8 Å². The largest absolute Gasteiger partial charge is 1.00 e. The van der Waals surface area contributed by atoms with E-state index >= 15 is 0 Å². The molecule has 0 aliphatic carbocycles. The lowest BCUT2D eigenvalue weighted by Crippen LogP contribution is -3.00. The van der Waals surface area contributed by atoms with E-state index in [0.717, 1.165) is 25.7 Å². The average Bonchev–Trinajstić information content (AvgIpc) is 2.88. The van der Waals surface area contributed by atoms with Crippen molar-refractivity contribution in [2.24, 2.45) is 0 Å². The second-order valence-electron chi connectivity index (χ2n) is 11.7. The second-order valence-corrected chi connectivity index (χ2v) is 11.7. The molecule has 0 spiro atoms. The van der Waals surface area contributed by atoms with Gasteiger partial charge in [0.25, 0.3) is 0 Å². The third kappa shape index (κ3) is 29.9. The van der Waals surface area contributed by atoms with Crippen molar-refractivity contribution in [2.75, 3.05) is 40.4 Å². The maximum atomic E-state index is 12.1. The van der Waals surface area contributed by atoms with E-state index in [1.54, 1.807) is 0 Å². The molecule has 0 aromatic rings. The summed E-state index contributed by atoms with van der Waals surface area (Å²) < 4.78 is 11.5. The lowest BCUT2D eigenvalue weighted by atomic mass is 10.1. The highest BCUT2D eigenvalue weighted by Gasteiger charge is 2.19. The van der Waals surface area contributed by atoms with Gasteiger partial charge in [0.05, 0.1) is 53.2 Å². The molecule has 6 heteroatoms. The lowest BCUT2D eigenvalue weighted by Gasteiger charge is -2.29. The van der Waals surface area contributed by atoms with Gasteiger partial charge in [0.1, 0.15) is 0 Å². The van der Waals surface area contributed by atoms with Crippen molar-refractivity contribution < 1.29 is 40.5 Å². The molecule has 0 saturated heterocycles. The minimum absolute atomic E-state index is 0. The van der Waals surface area contributed by atoms with Gasteiger partial charge in [-0.15, -0.1) is 0 Å². The van der Waals surface area contributed by atoms with E-state index in [1.165, 1.54) is 103 Å². The van der Waals surface area contributed by atoms with Crippen molar-refractivity contribution in [3.8, 4) is 0 Å². The van der Waals surface area contributed by atoms with Crippen LogP contribution in [0.2, 0.25) is 0 Å². The molecular formula is C32H64BrNO4. The summed E-state index contributed by atoms with van der Waals surface area (Å²) in [6, 6.07) is 0. The summed E-state index contributed by atoms with van der Waals surface area (Å²) in [7, 11) is 4.12. The number of nitrogens with zero attached hydrogens (tertiary/aromatic N) is 1. The molecule has 228 valence electrons. The third-order valence-electron chi connectivity index (χ3n) is 7.36. The Hall–Kier alpha value is -0.620. The summed E-state index contributed by atoms with van der Waals surface area (Å²) in [4.78, 5) is 24.2. The van der Waals surface area contributed by atoms with Gasteiger partial charge >= 0.3 is 11.9 Å². The van der Waals surface area contributed by atoms with Gasteiger partial charge in [0.2, 0.25) is 0 Å². The molecule has 0 atom stereocenters. The molecular weight excluding hydrogens is 542 g/mol. The van der Waals surface area contributed by atoms with Crippen LogP contribution in [0, 0.1) is 0 Å². The number of halogens is 1. The maximum Gasteiger partial charge on any atom is 0.311 e. The lowest BCUT2D eigenvalue weighted by molar-refractivity contribution is -0.889. The Kier molecular flexibility index (Phi) is 30.5. The van der Waals surface area contributed by atoms with E-state index in [-0.39, 0.29) is 28.9 Å². The fourth-order valence-electron chi connectivity index (χ4n) is 4.60. The molecule has 0 aromatic carbocycles. The minimum atomic E-state index is -0.120. The molecule has 0 rings (SSSR count). The normalized spacial score (nSPS) is 11.3. The van der Waals surface area contributed by atoms with Gasteiger partial charge < -0.3 is 30.9 Å². The average molecular weight is 607 g/mol. The van der Waals surface area contributed by atoms with Crippen LogP contribution in [-0.2, 0) is 19.1 Å². The summed E-state index contributed by atoms with van der Waals surface area (Å²) in [6.45, 7) is 6.95. The summed E-state index contributed by atoms with van der Waals surface area (Å²) in [5.41, 5.74) is 0. The quantitative estimate of drug-likeness (QED) is 0.0645. The fraction of sp³-hybridized carbons (Fsp3) is 0.938. The monoisotopic (exact) mass is 605 g/mol. The summed E-state index contributed by atoms with van der Waals surface area (Å²) in [6.07, 6.45) is 26.4. The van der Waals surface area contributed by atoms with E-state index in [1.807, 2.05) is 0 Å². The van der Waals surface area contributed by atoms with Crippen molar-refractivity contribution in [1.82, 2.24) is 0 Å². The zero-order valence-electron chi connectivity index (χ0n) is 25.8. The predicted octanol–water partition coefficient (Wildman–Crippen LogP) is 5.78. The Morgan fingerprint density at radius 3 is 1.03 bits per heavy atom. The second kappa shape index (κ2) is 29.4. The molecule has 0 bridgehead atoms. The minimum Gasteiger partial charge on any atom is -1.00 e. The van der Waals surface area contributed by atoms with Gasteiger partial charge in [-0.25, -0.2) is 0 Å². The zero-order valence-corrected chi connectivity index (χ0v) is 27.4.